The van der Waals surface area contributed by atoms with Crippen LogP contribution in [-0.2, 0) is 4.79 Å². The van der Waals surface area contributed by atoms with Crippen molar-refractivity contribution >= 4 is 16.7 Å². The van der Waals surface area contributed by atoms with Gasteiger partial charge in [0.15, 0.2) is 0 Å². The lowest BCUT2D eigenvalue weighted by atomic mass is 10.0. The molecule has 0 aromatic heterocycles. The van der Waals surface area contributed by atoms with Crippen molar-refractivity contribution in [2.24, 2.45) is 0 Å². The Bertz CT molecular complexity index is 613. The largest absolute Gasteiger partial charge is 0.480 e. The van der Waals surface area contributed by atoms with Gasteiger partial charge < -0.3 is 5.11 Å². The highest BCUT2D eigenvalue weighted by Crippen LogP contribution is 2.20. The molecule has 3 nitrogen and oxygen atoms in total. The molecule has 0 spiro atoms. The summed E-state index contributed by atoms with van der Waals surface area (Å²) in [7, 11) is 0. The molecular formula is C15H13NO2. The number of aliphatic carboxylic acids is 1. The molecule has 2 aromatic carbocycles. The summed E-state index contributed by atoms with van der Waals surface area (Å²) in [6.07, 6.45) is 5.14. The fourth-order valence-corrected chi connectivity index (χ4v) is 1.90. The van der Waals surface area contributed by atoms with Crippen molar-refractivity contribution < 1.29 is 9.90 Å². The number of terminal acetylenes is 1. The first-order valence-corrected chi connectivity index (χ1v) is 5.60. The van der Waals surface area contributed by atoms with Crippen LogP contribution in [0.25, 0.3) is 10.8 Å². The number of fused-ring (bicyclic) bond motifs is 1. The monoisotopic (exact) mass is 239 g/mol. The molecule has 90 valence electrons. The van der Waals surface area contributed by atoms with Crippen LogP contribution >= 0.6 is 0 Å². The topological polar surface area (TPSA) is 49.3 Å². The lowest BCUT2D eigenvalue weighted by Crippen LogP contribution is -2.28. The Morgan fingerprint density at radius 2 is 2.00 bits per heavy atom. The minimum atomic E-state index is -0.930. The van der Waals surface area contributed by atoms with Crippen LogP contribution in [0.5, 0.6) is 0 Å². The van der Waals surface area contributed by atoms with E-state index >= 15 is 0 Å². The van der Waals surface area contributed by atoms with Gasteiger partial charge in [-0.05, 0) is 22.4 Å². The molecule has 0 bridgehead atoms. The Morgan fingerprint density at radius 3 is 2.67 bits per heavy atom. The van der Waals surface area contributed by atoms with Gasteiger partial charge in [0.25, 0.3) is 0 Å². The average molecular weight is 239 g/mol. The van der Waals surface area contributed by atoms with E-state index in [2.05, 4.69) is 11.2 Å². The molecule has 0 aliphatic heterocycles. The van der Waals surface area contributed by atoms with Crippen LogP contribution in [0.1, 0.15) is 11.6 Å². The molecule has 1 unspecified atom stereocenters. The normalized spacial score (nSPS) is 11.9. The molecule has 0 heterocycles. The van der Waals surface area contributed by atoms with Crippen LogP contribution in [0.3, 0.4) is 0 Å². The minimum Gasteiger partial charge on any atom is -0.480 e. The second-order valence-corrected chi connectivity index (χ2v) is 3.96. The summed E-state index contributed by atoms with van der Waals surface area (Å²) in [5.41, 5.74) is 0.705. The molecule has 0 amide bonds. The zero-order valence-electron chi connectivity index (χ0n) is 9.76. The van der Waals surface area contributed by atoms with Gasteiger partial charge in [-0.1, -0.05) is 42.3 Å². The third kappa shape index (κ3) is 2.50. The van der Waals surface area contributed by atoms with E-state index < -0.39 is 12.0 Å². The molecule has 0 aliphatic carbocycles. The van der Waals surface area contributed by atoms with Gasteiger partial charge in [-0.2, -0.15) is 0 Å². The van der Waals surface area contributed by atoms with Gasteiger partial charge in [-0.3, -0.25) is 10.1 Å². The van der Waals surface area contributed by atoms with Gasteiger partial charge in [-0.25, -0.2) is 0 Å². The number of carboxylic acid groups (broad SMARTS) is 1. The highest BCUT2D eigenvalue weighted by molar-refractivity contribution is 5.85. The quantitative estimate of drug-likeness (QED) is 0.804. The number of hydrogen-bond donors (Lipinski definition) is 2. The first kappa shape index (κ1) is 12.2. The molecule has 1 atom stereocenters. The third-order valence-electron chi connectivity index (χ3n) is 2.76. The number of nitrogens with one attached hydrogen (secondary N) is 1. The maximum absolute atomic E-state index is 11.2. The molecule has 0 aliphatic rings. The Hall–Kier alpha value is -2.31. The van der Waals surface area contributed by atoms with Crippen molar-refractivity contribution in [2.75, 3.05) is 6.54 Å². The fourth-order valence-electron chi connectivity index (χ4n) is 1.90. The standard InChI is InChI=1S/C15H13NO2/c1-2-9-16-14(15(17)18)13-8-7-11-5-3-4-6-12(11)10-13/h1,3-8,10,14,16H,9H2,(H,17,18). The van der Waals surface area contributed by atoms with Crippen molar-refractivity contribution in [3.63, 3.8) is 0 Å². The van der Waals surface area contributed by atoms with E-state index in [0.717, 1.165) is 10.8 Å². The Labute approximate surface area is 105 Å². The summed E-state index contributed by atoms with van der Waals surface area (Å²) in [6.45, 7) is 0.226. The number of rotatable bonds is 4. The zero-order valence-corrected chi connectivity index (χ0v) is 9.76. The van der Waals surface area contributed by atoms with E-state index in [-0.39, 0.29) is 6.54 Å². The third-order valence-corrected chi connectivity index (χ3v) is 2.76. The SMILES string of the molecule is C#CCNC(C(=O)O)c1ccc2ccccc2c1. The number of carboxylic acids is 1. The maximum Gasteiger partial charge on any atom is 0.325 e. The molecule has 2 N–H and O–H groups in total. The van der Waals surface area contributed by atoms with E-state index in [1.807, 2.05) is 42.5 Å². The highest BCUT2D eigenvalue weighted by Gasteiger charge is 2.18. The van der Waals surface area contributed by atoms with Gasteiger partial charge in [0.05, 0.1) is 6.54 Å². The molecule has 0 saturated heterocycles. The molecule has 0 fully saturated rings. The second-order valence-electron chi connectivity index (χ2n) is 3.96. The number of hydrogen-bond acceptors (Lipinski definition) is 2. The number of carbonyl (C=O) groups is 1. The van der Waals surface area contributed by atoms with Crippen molar-refractivity contribution in [3.05, 3.63) is 48.0 Å². The Morgan fingerprint density at radius 1 is 1.28 bits per heavy atom. The second kappa shape index (κ2) is 5.35. The summed E-state index contributed by atoms with van der Waals surface area (Å²) in [4.78, 5) is 11.2. The van der Waals surface area contributed by atoms with Gasteiger partial charge in [0.2, 0.25) is 0 Å². The first-order chi connectivity index (χ1) is 8.72. The smallest absolute Gasteiger partial charge is 0.325 e. The van der Waals surface area contributed by atoms with E-state index in [4.69, 9.17) is 6.42 Å². The lowest BCUT2D eigenvalue weighted by Gasteiger charge is -2.13. The van der Waals surface area contributed by atoms with Crippen molar-refractivity contribution in [1.82, 2.24) is 5.32 Å². The summed E-state index contributed by atoms with van der Waals surface area (Å²) in [6, 6.07) is 12.7. The van der Waals surface area contributed by atoms with Crippen molar-refractivity contribution in [3.8, 4) is 12.3 Å². The molecule has 18 heavy (non-hydrogen) atoms. The van der Waals surface area contributed by atoms with Crippen LogP contribution in [0, 0.1) is 12.3 Å². The van der Waals surface area contributed by atoms with Gasteiger partial charge >= 0.3 is 5.97 Å². The zero-order chi connectivity index (χ0) is 13.0. The van der Waals surface area contributed by atoms with Crippen LogP contribution in [-0.4, -0.2) is 17.6 Å². The molecule has 0 radical (unpaired) electrons. The van der Waals surface area contributed by atoms with E-state index in [9.17, 15) is 9.90 Å². The van der Waals surface area contributed by atoms with E-state index in [0.29, 0.717) is 5.56 Å². The minimum absolute atomic E-state index is 0.226. The predicted molar refractivity (Wildman–Crippen MR) is 71.2 cm³/mol. The van der Waals surface area contributed by atoms with E-state index in [1.165, 1.54) is 0 Å². The van der Waals surface area contributed by atoms with Gasteiger partial charge in [-0.15, -0.1) is 6.42 Å². The molecule has 3 heteroatoms. The summed E-state index contributed by atoms with van der Waals surface area (Å²) < 4.78 is 0. The predicted octanol–water partition coefficient (Wildman–Crippen LogP) is 2.19. The molecule has 2 aromatic rings. The first-order valence-electron chi connectivity index (χ1n) is 5.60. The van der Waals surface area contributed by atoms with Crippen molar-refractivity contribution in [1.29, 1.82) is 0 Å². The molecular weight excluding hydrogens is 226 g/mol. The Kier molecular flexibility index (Phi) is 3.61. The van der Waals surface area contributed by atoms with Crippen molar-refractivity contribution in [2.45, 2.75) is 6.04 Å². The lowest BCUT2D eigenvalue weighted by molar-refractivity contribution is -0.139. The van der Waals surface area contributed by atoms with Gasteiger partial charge in [0.1, 0.15) is 6.04 Å². The van der Waals surface area contributed by atoms with Crippen LogP contribution in [0.4, 0.5) is 0 Å². The Balaban J connectivity index is 2.38. The highest BCUT2D eigenvalue weighted by atomic mass is 16.4. The van der Waals surface area contributed by atoms with E-state index in [1.54, 1.807) is 0 Å². The average Bonchev–Trinajstić information content (AvgIpc) is 2.38. The maximum atomic E-state index is 11.2. The van der Waals surface area contributed by atoms with Crippen LogP contribution in [0.2, 0.25) is 0 Å². The fraction of sp³-hybridized carbons (Fsp3) is 0.133. The molecule has 0 saturated carbocycles. The summed E-state index contributed by atoms with van der Waals surface area (Å²) in [5, 5.41) is 14.1. The van der Waals surface area contributed by atoms with Crippen LogP contribution in [0.15, 0.2) is 42.5 Å². The summed E-state index contributed by atoms with van der Waals surface area (Å²) in [5.74, 6) is 1.46. The van der Waals surface area contributed by atoms with Crippen LogP contribution < -0.4 is 5.32 Å². The number of benzene rings is 2. The molecule has 2 rings (SSSR count). The summed E-state index contributed by atoms with van der Waals surface area (Å²) >= 11 is 0. The van der Waals surface area contributed by atoms with Gasteiger partial charge in [0, 0.05) is 0 Å².